The summed E-state index contributed by atoms with van der Waals surface area (Å²) in [5.41, 5.74) is 1.69. The van der Waals surface area contributed by atoms with Crippen molar-refractivity contribution in [3.05, 3.63) is 119 Å². The van der Waals surface area contributed by atoms with Gasteiger partial charge < -0.3 is 20.1 Å². The fourth-order valence-corrected chi connectivity index (χ4v) is 5.12. The molecule has 1 heterocycles. The zero-order chi connectivity index (χ0) is 28.9. The Morgan fingerprint density at radius 1 is 0.805 bits per heavy atom. The lowest BCUT2D eigenvalue weighted by molar-refractivity contribution is -0.120. The summed E-state index contributed by atoms with van der Waals surface area (Å²) in [6.07, 6.45) is 0. The maximum Gasteiger partial charge on any atom is 0.283 e. The quantitative estimate of drug-likeness (QED) is 0.236. The lowest BCUT2D eigenvalue weighted by Crippen LogP contribution is -2.32. The summed E-state index contributed by atoms with van der Waals surface area (Å²) in [6, 6.07) is 25.9. The Kier molecular flexibility index (Phi) is 8.02. The van der Waals surface area contributed by atoms with Crippen LogP contribution >= 0.6 is 11.8 Å². The number of nitrogens with one attached hydrogen (secondary N) is 2. The van der Waals surface area contributed by atoms with Crippen LogP contribution < -0.4 is 25.0 Å². The minimum atomic E-state index is -0.612. The van der Waals surface area contributed by atoms with Gasteiger partial charge in [0.25, 0.3) is 17.7 Å². The van der Waals surface area contributed by atoms with Crippen molar-refractivity contribution in [3.63, 3.8) is 0 Å². The van der Waals surface area contributed by atoms with Crippen LogP contribution in [0.15, 0.2) is 113 Å². The summed E-state index contributed by atoms with van der Waals surface area (Å²) < 4.78 is 24.2. The van der Waals surface area contributed by atoms with Gasteiger partial charge in [-0.2, -0.15) is 0 Å². The number of thioether (sulfide) groups is 1. The van der Waals surface area contributed by atoms with Gasteiger partial charge >= 0.3 is 0 Å². The molecule has 0 atom stereocenters. The number of nitrogens with zero attached hydrogens (tertiary/aromatic N) is 1. The van der Waals surface area contributed by atoms with Crippen molar-refractivity contribution in [3.8, 4) is 11.5 Å². The molecule has 0 fully saturated rings. The lowest BCUT2D eigenvalue weighted by Gasteiger charge is -2.19. The van der Waals surface area contributed by atoms with Gasteiger partial charge in [-0.3, -0.25) is 14.4 Å². The molecule has 1 aliphatic rings. The van der Waals surface area contributed by atoms with Crippen molar-refractivity contribution in [2.75, 3.05) is 29.8 Å². The van der Waals surface area contributed by atoms with Crippen molar-refractivity contribution < 1.29 is 28.2 Å². The Morgan fingerprint density at radius 3 is 2.27 bits per heavy atom. The van der Waals surface area contributed by atoms with E-state index >= 15 is 0 Å². The Bertz CT molecular complexity index is 1660. The van der Waals surface area contributed by atoms with E-state index in [1.165, 1.54) is 38.5 Å². The highest BCUT2D eigenvalue weighted by molar-refractivity contribution is 8.04. The van der Waals surface area contributed by atoms with Gasteiger partial charge in [-0.1, -0.05) is 36.0 Å². The van der Waals surface area contributed by atoms with E-state index in [-0.39, 0.29) is 27.9 Å². The van der Waals surface area contributed by atoms with Gasteiger partial charge in [-0.15, -0.1) is 0 Å². The molecule has 0 saturated carbocycles. The number of carbonyl (C=O) groups excluding carboxylic acids is 3. The predicted molar refractivity (Wildman–Crippen MR) is 156 cm³/mol. The number of rotatable bonds is 9. The fraction of sp³-hybridized carbons (Fsp3) is 0.0645. The molecule has 5 rings (SSSR count). The third kappa shape index (κ3) is 5.92. The predicted octanol–water partition coefficient (Wildman–Crippen LogP) is 6.08. The highest BCUT2D eigenvalue weighted by atomic mass is 32.2. The van der Waals surface area contributed by atoms with E-state index in [0.717, 1.165) is 16.7 Å². The third-order valence-electron chi connectivity index (χ3n) is 6.13. The van der Waals surface area contributed by atoms with Crippen LogP contribution in [0.4, 0.5) is 21.5 Å². The van der Waals surface area contributed by atoms with Crippen molar-refractivity contribution in [2.45, 2.75) is 4.90 Å². The first-order chi connectivity index (χ1) is 19.9. The molecule has 10 heteroatoms. The number of amides is 3. The molecule has 0 saturated heterocycles. The first-order valence-electron chi connectivity index (χ1n) is 12.4. The van der Waals surface area contributed by atoms with Gasteiger partial charge in [0.05, 0.1) is 19.9 Å². The second kappa shape index (κ2) is 12.0. The summed E-state index contributed by atoms with van der Waals surface area (Å²) in [7, 11) is 2.93. The van der Waals surface area contributed by atoms with Crippen molar-refractivity contribution in [1.29, 1.82) is 0 Å². The molecule has 0 aliphatic carbocycles. The van der Waals surface area contributed by atoms with Gasteiger partial charge in [-0.05, 0) is 66.7 Å². The second-order valence-electron chi connectivity index (χ2n) is 8.77. The molecule has 0 radical (unpaired) electrons. The monoisotopic (exact) mass is 569 g/mol. The van der Waals surface area contributed by atoms with Crippen molar-refractivity contribution in [2.24, 2.45) is 0 Å². The number of anilines is 3. The van der Waals surface area contributed by atoms with E-state index in [2.05, 4.69) is 10.6 Å². The normalized spacial score (nSPS) is 12.9. The van der Waals surface area contributed by atoms with Crippen molar-refractivity contribution in [1.82, 2.24) is 0 Å². The number of imide groups is 1. The maximum atomic E-state index is 13.8. The number of hydrogen-bond donors (Lipinski definition) is 2. The van der Waals surface area contributed by atoms with Crippen LogP contribution in [0.25, 0.3) is 0 Å². The third-order valence-corrected chi connectivity index (χ3v) is 7.20. The smallest absolute Gasteiger partial charge is 0.283 e. The SMILES string of the molecule is COc1ccc(N2C(=O)C(Nc3ccc(F)cc3)=C(Sc3cccc(NC(=O)c4ccccc4)c3)C2=O)c(OC)c1. The van der Waals surface area contributed by atoms with Gasteiger partial charge in [0.2, 0.25) is 0 Å². The number of halogens is 1. The van der Waals surface area contributed by atoms with Crippen LogP contribution in [0, 0.1) is 5.82 Å². The minimum Gasteiger partial charge on any atom is -0.497 e. The van der Waals surface area contributed by atoms with Crippen LogP contribution in [0.2, 0.25) is 0 Å². The largest absolute Gasteiger partial charge is 0.497 e. The Hall–Kier alpha value is -5.09. The first kappa shape index (κ1) is 27.5. The van der Waals surface area contributed by atoms with Crippen LogP contribution in [-0.4, -0.2) is 31.9 Å². The van der Waals surface area contributed by atoms with E-state index in [4.69, 9.17) is 9.47 Å². The van der Waals surface area contributed by atoms with Gasteiger partial charge in [0, 0.05) is 27.9 Å². The van der Waals surface area contributed by atoms with E-state index in [1.54, 1.807) is 66.7 Å². The molecule has 1 aliphatic heterocycles. The lowest BCUT2D eigenvalue weighted by atomic mass is 10.2. The topological polar surface area (TPSA) is 97.0 Å². The second-order valence-corrected chi connectivity index (χ2v) is 9.85. The van der Waals surface area contributed by atoms with Crippen molar-refractivity contribution >= 4 is 46.5 Å². The minimum absolute atomic E-state index is 0.0169. The number of hydrogen-bond acceptors (Lipinski definition) is 7. The van der Waals surface area contributed by atoms with E-state index < -0.39 is 17.6 Å². The summed E-state index contributed by atoms with van der Waals surface area (Å²) in [5, 5.41) is 5.84. The molecule has 0 spiro atoms. The Labute approximate surface area is 239 Å². The molecule has 4 aromatic carbocycles. The molecule has 206 valence electrons. The van der Waals surface area contributed by atoms with Gasteiger partial charge in [-0.25, -0.2) is 9.29 Å². The highest BCUT2D eigenvalue weighted by Crippen LogP contribution is 2.42. The number of carbonyl (C=O) groups is 3. The molecule has 0 bridgehead atoms. The van der Waals surface area contributed by atoms with E-state index in [1.807, 2.05) is 6.07 Å². The Morgan fingerprint density at radius 2 is 1.56 bits per heavy atom. The molecular formula is C31H24FN3O5S. The molecule has 4 aromatic rings. The number of benzene rings is 4. The van der Waals surface area contributed by atoms with E-state index in [0.29, 0.717) is 27.6 Å². The molecule has 0 aromatic heterocycles. The summed E-state index contributed by atoms with van der Waals surface area (Å²) in [4.78, 5) is 42.0. The highest BCUT2D eigenvalue weighted by Gasteiger charge is 2.41. The maximum absolute atomic E-state index is 13.8. The molecule has 41 heavy (non-hydrogen) atoms. The average molecular weight is 570 g/mol. The molecular weight excluding hydrogens is 545 g/mol. The number of ether oxygens (including phenoxy) is 2. The molecule has 0 unspecified atom stereocenters. The molecule has 8 nitrogen and oxygen atoms in total. The summed E-state index contributed by atoms with van der Waals surface area (Å²) >= 11 is 1.06. The summed E-state index contributed by atoms with van der Waals surface area (Å²) in [6.45, 7) is 0. The summed E-state index contributed by atoms with van der Waals surface area (Å²) in [5.74, 6) is -1.15. The van der Waals surface area contributed by atoms with E-state index in [9.17, 15) is 18.8 Å². The standard InChI is InChI=1S/C31H24FN3O5S/c1-39-23-15-16-25(26(18-23)40-2)35-30(37)27(33-21-13-11-20(32)12-14-21)28(31(35)38)41-24-10-6-9-22(17-24)34-29(36)19-7-4-3-5-8-19/h3-18,33H,1-2H3,(H,34,36). The average Bonchev–Trinajstić information content (AvgIpc) is 3.22. The molecule has 3 amide bonds. The van der Waals surface area contributed by atoms with Crippen LogP contribution in [-0.2, 0) is 9.59 Å². The number of methoxy groups -OCH3 is 2. The fourth-order valence-electron chi connectivity index (χ4n) is 4.13. The van der Waals surface area contributed by atoms with Crippen LogP contribution in [0.3, 0.4) is 0 Å². The van der Waals surface area contributed by atoms with Crippen LogP contribution in [0.1, 0.15) is 10.4 Å². The van der Waals surface area contributed by atoms with Gasteiger partial charge in [0.1, 0.15) is 27.9 Å². The first-order valence-corrected chi connectivity index (χ1v) is 13.2. The van der Waals surface area contributed by atoms with Gasteiger partial charge in [0.15, 0.2) is 0 Å². The zero-order valence-electron chi connectivity index (χ0n) is 22.0. The molecule has 2 N–H and O–H groups in total. The van der Waals surface area contributed by atoms with Crippen LogP contribution in [0.5, 0.6) is 11.5 Å². The Balaban J connectivity index is 1.49. The zero-order valence-corrected chi connectivity index (χ0v) is 22.8.